The Morgan fingerprint density at radius 2 is 2.00 bits per heavy atom. The Bertz CT molecular complexity index is 374. The van der Waals surface area contributed by atoms with E-state index in [2.05, 4.69) is 19.2 Å². The second-order valence-corrected chi connectivity index (χ2v) is 5.62. The van der Waals surface area contributed by atoms with E-state index in [1.807, 2.05) is 0 Å². The van der Waals surface area contributed by atoms with Gasteiger partial charge in [0.1, 0.15) is 5.82 Å². The molecule has 3 heteroatoms. The van der Waals surface area contributed by atoms with Crippen molar-refractivity contribution >= 4 is 0 Å². The van der Waals surface area contributed by atoms with E-state index in [1.165, 1.54) is 18.6 Å². The Hall–Kier alpha value is -0.930. The van der Waals surface area contributed by atoms with Crippen LogP contribution in [0.1, 0.15) is 31.9 Å². The lowest BCUT2D eigenvalue weighted by molar-refractivity contribution is 0.174. The molecule has 1 fully saturated rings. The van der Waals surface area contributed by atoms with Crippen LogP contribution in [0.25, 0.3) is 0 Å². The molecule has 0 saturated heterocycles. The van der Waals surface area contributed by atoms with Crippen molar-refractivity contribution in [3.8, 4) is 0 Å². The Labute approximate surface area is 102 Å². The predicted octanol–water partition coefficient (Wildman–Crippen LogP) is 2.49. The quantitative estimate of drug-likeness (QED) is 0.824. The molecule has 0 aromatic heterocycles. The van der Waals surface area contributed by atoms with Crippen molar-refractivity contribution in [1.82, 2.24) is 5.32 Å². The van der Waals surface area contributed by atoms with Gasteiger partial charge in [-0.2, -0.15) is 0 Å². The fraction of sp³-hybridized carbons (Fsp3) is 0.571. The number of hydrogen-bond donors (Lipinski definition) is 2. The molecule has 1 aromatic rings. The zero-order valence-corrected chi connectivity index (χ0v) is 10.4. The van der Waals surface area contributed by atoms with Gasteiger partial charge in [-0.1, -0.05) is 26.0 Å². The molecule has 0 radical (unpaired) electrons. The first-order chi connectivity index (χ1) is 7.99. The van der Waals surface area contributed by atoms with E-state index in [9.17, 15) is 9.50 Å². The summed E-state index contributed by atoms with van der Waals surface area (Å²) < 4.78 is 12.7. The maximum Gasteiger partial charge on any atom is 0.123 e. The van der Waals surface area contributed by atoms with Crippen molar-refractivity contribution in [2.75, 3.05) is 13.1 Å². The molecule has 0 aliphatic heterocycles. The molecule has 2 atom stereocenters. The van der Waals surface area contributed by atoms with Crippen LogP contribution in [0.4, 0.5) is 4.39 Å². The summed E-state index contributed by atoms with van der Waals surface area (Å²) in [6, 6.07) is 6.01. The number of benzene rings is 1. The monoisotopic (exact) mass is 237 g/mol. The van der Waals surface area contributed by atoms with Crippen LogP contribution in [-0.2, 0) is 0 Å². The average Bonchev–Trinajstić information content (AvgIpc) is 2.87. The van der Waals surface area contributed by atoms with Crippen molar-refractivity contribution in [3.05, 3.63) is 35.6 Å². The molecule has 2 unspecified atom stereocenters. The Balaban J connectivity index is 1.74. The molecule has 0 spiro atoms. The van der Waals surface area contributed by atoms with Crippen molar-refractivity contribution in [2.45, 2.75) is 26.4 Å². The van der Waals surface area contributed by atoms with Gasteiger partial charge < -0.3 is 10.4 Å². The van der Waals surface area contributed by atoms with Crippen LogP contribution < -0.4 is 5.32 Å². The molecular weight excluding hydrogens is 217 g/mol. The summed E-state index contributed by atoms with van der Waals surface area (Å²) in [4.78, 5) is 0. The van der Waals surface area contributed by atoms with Gasteiger partial charge in [-0.3, -0.25) is 0 Å². The largest absolute Gasteiger partial charge is 0.387 e. The minimum absolute atomic E-state index is 0.270. The van der Waals surface area contributed by atoms with Crippen molar-refractivity contribution in [1.29, 1.82) is 0 Å². The summed E-state index contributed by atoms with van der Waals surface area (Å²) in [5.41, 5.74) is 1.22. The first-order valence-electron chi connectivity index (χ1n) is 6.13. The zero-order valence-electron chi connectivity index (χ0n) is 10.4. The van der Waals surface area contributed by atoms with Gasteiger partial charge in [-0.25, -0.2) is 4.39 Å². The highest BCUT2D eigenvalue weighted by atomic mass is 19.1. The van der Waals surface area contributed by atoms with Gasteiger partial charge >= 0.3 is 0 Å². The average molecular weight is 237 g/mol. The van der Waals surface area contributed by atoms with Gasteiger partial charge in [0, 0.05) is 6.54 Å². The molecule has 1 aliphatic rings. The summed E-state index contributed by atoms with van der Waals surface area (Å²) >= 11 is 0. The number of aliphatic hydroxyl groups excluding tert-OH is 1. The molecule has 0 amide bonds. The number of nitrogens with one attached hydrogen (secondary N) is 1. The van der Waals surface area contributed by atoms with Crippen LogP contribution in [0.5, 0.6) is 0 Å². The summed E-state index contributed by atoms with van der Waals surface area (Å²) in [7, 11) is 0. The van der Waals surface area contributed by atoms with Gasteiger partial charge in [0.2, 0.25) is 0 Å². The number of rotatable bonds is 5. The molecule has 0 bridgehead atoms. The molecule has 2 N–H and O–H groups in total. The Morgan fingerprint density at radius 3 is 2.53 bits per heavy atom. The van der Waals surface area contributed by atoms with Crippen molar-refractivity contribution < 1.29 is 9.50 Å². The van der Waals surface area contributed by atoms with E-state index in [1.54, 1.807) is 12.1 Å². The molecule has 1 aromatic carbocycles. The van der Waals surface area contributed by atoms with Gasteiger partial charge in [0.15, 0.2) is 0 Å². The Morgan fingerprint density at radius 1 is 1.41 bits per heavy atom. The van der Waals surface area contributed by atoms with Crippen molar-refractivity contribution in [2.24, 2.45) is 11.3 Å². The minimum atomic E-state index is -0.558. The lowest BCUT2D eigenvalue weighted by Crippen LogP contribution is -2.24. The standard InChI is InChI=1S/C14H20FNO/c1-14(2)7-11(14)8-16-9-13(17)10-3-5-12(15)6-4-10/h3-6,11,13,16-17H,7-9H2,1-2H3. The lowest BCUT2D eigenvalue weighted by Gasteiger charge is -2.12. The molecular formula is C14H20FNO. The molecule has 0 heterocycles. The van der Waals surface area contributed by atoms with E-state index in [0.717, 1.165) is 18.0 Å². The highest BCUT2D eigenvalue weighted by Gasteiger charge is 2.44. The fourth-order valence-electron chi connectivity index (χ4n) is 2.12. The van der Waals surface area contributed by atoms with Crippen molar-refractivity contribution in [3.63, 3.8) is 0 Å². The van der Waals surface area contributed by atoms with E-state index < -0.39 is 6.10 Å². The number of hydrogen-bond acceptors (Lipinski definition) is 2. The Kier molecular flexibility index (Phi) is 3.50. The lowest BCUT2D eigenvalue weighted by atomic mass is 10.1. The first-order valence-corrected chi connectivity index (χ1v) is 6.13. The topological polar surface area (TPSA) is 32.3 Å². The second kappa shape index (κ2) is 4.75. The summed E-state index contributed by atoms with van der Waals surface area (Å²) in [6.07, 6.45) is 0.699. The van der Waals surface area contributed by atoms with E-state index in [0.29, 0.717) is 12.0 Å². The fourth-order valence-corrected chi connectivity index (χ4v) is 2.12. The number of halogens is 1. The van der Waals surface area contributed by atoms with E-state index in [-0.39, 0.29) is 5.82 Å². The van der Waals surface area contributed by atoms with Crippen LogP contribution in [0, 0.1) is 17.2 Å². The van der Waals surface area contributed by atoms with Crippen LogP contribution in [0.3, 0.4) is 0 Å². The van der Waals surface area contributed by atoms with Gasteiger partial charge in [-0.05, 0) is 42.0 Å². The maximum absolute atomic E-state index is 12.7. The smallest absolute Gasteiger partial charge is 0.123 e. The highest BCUT2D eigenvalue weighted by Crippen LogP contribution is 2.50. The number of aliphatic hydroxyl groups is 1. The normalized spacial score (nSPS) is 23.4. The van der Waals surface area contributed by atoms with Gasteiger partial charge in [0.05, 0.1) is 6.10 Å². The zero-order chi connectivity index (χ0) is 12.5. The second-order valence-electron chi connectivity index (χ2n) is 5.62. The third kappa shape index (κ3) is 3.27. The third-order valence-corrected chi connectivity index (χ3v) is 3.70. The van der Waals surface area contributed by atoms with Crippen LogP contribution >= 0.6 is 0 Å². The molecule has 94 valence electrons. The van der Waals surface area contributed by atoms with Crippen LogP contribution in [0.2, 0.25) is 0 Å². The molecule has 1 aliphatic carbocycles. The highest BCUT2D eigenvalue weighted by molar-refractivity contribution is 5.18. The molecule has 1 saturated carbocycles. The van der Waals surface area contributed by atoms with Crippen LogP contribution in [-0.4, -0.2) is 18.2 Å². The van der Waals surface area contributed by atoms with Crippen LogP contribution in [0.15, 0.2) is 24.3 Å². The van der Waals surface area contributed by atoms with E-state index in [4.69, 9.17) is 0 Å². The molecule has 2 rings (SSSR count). The van der Waals surface area contributed by atoms with Gasteiger partial charge in [0.25, 0.3) is 0 Å². The summed E-state index contributed by atoms with van der Waals surface area (Å²) in [5, 5.41) is 13.2. The summed E-state index contributed by atoms with van der Waals surface area (Å²) in [6.45, 7) is 6.00. The maximum atomic E-state index is 12.7. The SMILES string of the molecule is CC1(C)CC1CNCC(O)c1ccc(F)cc1. The molecule has 17 heavy (non-hydrogen) atoms. The van der Waals surface area contributed by atoms with E-state index >= 15 is 0 Å². The molecule has 2 nitrogen and oxygen atoms in total. The van der Waals surface area contributed by atoms with Gasteiger partial charge in [-0.15, -0.1) is 0 Å². The summed E-state index contributed by atoms with van der Waals surface area (Å²) in [5.74, 6) is 0.455. The first kappa shape index (κ1) is 12.5. The predicted molar refractivity (Wildman–Crippen MR) is 66.1 cm³/mol. The third-order valence-electron chi connectivity index (χ3n) is 3.70. The minimum Gasteiger partial charge on any atom is -0.387 e.